The van der Waals surface area contributed by atoms with Gasteiger partial charge in [0, 0.05) is 0 Å². The molecule has 0 saturated heterocycles. The Morgan fingerprint density at radius 3 is 2.54 bits per heavy atom. The van der Waals surface area contributed by atoms with E-state index in [9.17, 15) is 4.79 Å². The van der Waals surface area contributed by atoms with Crippen molar-refractivity contribution in [3.63, 3.8) is 0 Å². The van der Waals surface area contributed by atoms with Gasteiger partial charge in [0.1, 0.15) is 5.75 Å². The standard InChI is InChI=1S/C20H19NO3/c1-2-15-8-10-16(11-9-15)14-18-20(22)24-19(21-18)12-13-23-17-6-4-3-5-7-17/h3-11,14H,2,12-13H2,1H3/b18-14+. The van der Waals surface area contributed by atoms with Crippen LogP contribution in [0.2, 0.25) is 0 Å². The minimum atomic E-state index is -0.413. The number of ether oxygens (including phenoxy) is 2. The molecule has 0 radical (unpaired) electrons. The van der Waals surface area contributed by atoms with Crippen molar-refractivity contribution in [2.45, 2.75) is 19.8 Å². The number of rotatable bonds is 6. The monoisotopic (exact) mass is 321 g/mol. The maximum atomic E-state index is 11.9. The third kappa shape index (κ3) is 4.10. The minimum absolute atomic E-state index is 0.328. The molecule has 1 aliphatic rings. The molecular weight excluding hydrogens is 302 g/mol. The molecule has 24 heavy (non-hydrogen) atoms. The van der Waals surface area contributed by atoms with Crippen LogP contribution in [0.3, 0.4) is 0 Å². The lowest BCUT2D eigenvalue weighted by Gasteiger charge is -2.04. The van der Waals surface area contributed by atoms with Gasteiger partial charge in [-0.15, -0.1) is 0 Å². The van der Waals surface area contributed by atoms with Crippen LogP contribution in [0, 0.1) is 0 Å². The SMILES string of the molecule is CCc1ccc(/C=C2/N=C(CCOc3ccccc3)OC2=O)cc1. The molecule has 0 spiro atoms. The van der Waals surface area contributed by atoms with Gasteiger partial charge >= 0.3 is 5.97 Å². The first-order chi connectivity index (χ1) is 11.7. The molecule has 0 atom stereocenters. The van der Waals surface area contributed by atoms with Gasteiger partial charge in [-0.3, -0.25) is 0 Å². The lowest BCUT2D eigenvalue weighted by molar-refractivity contribution is -0.130. The summed E-state index contributed by atoms with van der Waals surface area (Å²) < 4.78 is 10.8. The van der Waals surface area contributed by atoms with Crippen LogP contribution in [0.5, 0.6) is 5.75 Å². The average molecular weight is 321 g/mol. The molecule has 1 heterocycles. The largest absolute Gasteiger partial charge is 0.493 e. The number of hydrogen-bond acceptors (Lipinski definition) is 4. The Morgan fingerprint density at radius 1 is 1.08 bits per heavy atom. The third-order valence-electron chi connectivity index (χ3n) is 3.68. The van der Waals surface area contributed by atoms with Crippen molar-refractivity contribution >= 4 is 17.9 Å². The second-order valence-corrected chi connectivity index (χ2v) is 5.43. The predicted molar refractivity (Wildman–Crippen MR) is 93.9 cm³/mol. The van der Waals surface area contributed by atoms with Crippen LogP contribution in [0.1, 0.15) is 24.5 Å². The van der Waals surface area contributed by atoms with Gasteiger partial charge in [-0.1, -0.05) is 49.4 Å². The van der Waals surface area contributed by atoms with Gasteiger partial charge in [0.05, 0.1) is 13.0 Å². The highest BCUT2D eigenvalue weighted by Gasteiger charge is 2.22. The molecule has 0 unspecified atom stereocenters. The van der Waals surface area contributed by atoms with E-state index in [1.165, 1.54) is 5.56 Å². The Bertz CT molecular complexity index is 761. The first-order valence-corrected chi connectivity index (χ1v) is 8.03. The highest BCUT2D eigenvalue weighted by molar-refractivity contribution is 6.07. The van der Waals surface area contributed by atoms with E-state index in [0.717, 1.165) is 17.7 Å². The van der Waals surface area contributed by atoms with Crippen LogP contribution in [-0.4, -0.2) is 18.5 Å². The van der Waals surface area contributed by atoms with Crippen molar-refractivity contribution in [2.24, 2.45) is 4.99 Å². The number of esters is 1. The Labute approximate surface area is 141 Å². The fourth-order valence-electron chi connectivity index (χ4n) is 2.34. The normalized spacial score (nSPS) is 15.3. The Balaban J connectivity index is 1.60. The maximum Gasteiger partial charge on any atom is 0.363 e. The number of aliphatic imine (C=N–C) groups is 1. The van der Waals surface area contributed by atoms with Crippen molar-refractivity contribution in [1.29, 1.82) is 0 Å². The smallest absolute Gasteiger partial charge is 0.363 e. The molecule has 0 bridgehead atoms. The summed E-state index contributed by atoms with van der Waals surface area (Å²) in [6.45, 7) is 2.52. The number of aryl methyl sites for hydroxylation is 1. The first kappa shape index (κ1) is 16.0. The molecule has 0 fully saturated rings. The van der Waals surface area contributed by atoms with Crippen LogP contribution in [-0.2, 0) is 16.0 Å². The van der Waals surface area contributed by atoms with Crippen LogP contribution < -0.4 is 4.74 Å². The number of cyclic esters (lactones) is 1. The van der Waals surface area contributed by atoms with E-state index in [1.807, 2.05) is 54.6 Å². The number of carbonyl (C=O) groups excluding carboxylic acids is 1. The lowest BCUT2D eigenvalue weighted by atomic mass is 10.1. The second-order valence-electron chi connectivity index (χ2n) is 5.43. The van der Waals surface area contributed by atoms with Crippen LogP contribution >= 0.6 is 0 Å². The summed E-state index contributed by atoms with van der Waals surface area (Å²) in [6.07, 6.45) is 3.18. The van der Waals surface area contributed by atoms with Gasteiger partial charge in [-0.2, -0.15) is 0 Å². The third-order valence-corrected chi connectivity index (χ3v) is 3.68. The second kappa shape index (κ2) is 7.59. The van der Waals surface area contributed by atoms with Crippen molar-refractivity contribution in [1.82, 2.24) is 0 Å². The highest BCUT2D eigenvalue weighted by atomic mass is 16.6. The van der Waals surface area contributed by atoms with Gasteiger partial charge in [0.25, 0.3) is 0 Å². The van der Waals surface area contributed by atoms with Gasteiger partial charge in [0.2, 0.25) is 5.90 Å². The van der Waals surface area contributed by atoms with Gasteiger partial charge in [0.15, 0.2) is 5.70 Å². The molecule has 122 valence electrons. The Hall–Kier alpha value is -2.88. The van der Waals surface area contributed by atoms with E-state index < -0.39 is 5.97 Å². The lowest BCUT2D eigenvalue weighted by Crippen LogP contribution is -2.08. The van der Waals surface area contributed by atoms with Gasteiger partial charge in [-0.25, -0.2) is 9.79 Å². The Morgan fingerprint density at radius 2 is 1.83 bits per heavy atom. The minimum Gasteiger partial charge on any atom is -0.493 e. The summed E-state index contributed by atoms with van der Waals surface area (Å²) in [5, 5.41) is 0. The molecule has 0 saturated carbocycles. The van der Waals surface area contributed by atoms with E-state index in [-0.39, 0.29) is 0 Å². The number of nitrogens with zero attached hydrogens (tertiary/aromatic N) is 1. The summed E-state index contributed by atoms with van der Waals surface area (Å²) >= 11 is 0. The molecule has 0 amide bonds. The van der Waals surface area contributed by atoms with E-state index in [0.29, 0.717) is 24.6 Å². The predicted octanol–water partition coefficient (Wildman–Crippen LogP) is 4.01. The summed E-state index contributed by atoms with van der Waals surface area (Å²) in [6, 6.07) is 17.6. The van der Waals surface area contributed by atoms with E-state index >= 15 is 0 Å². The van der Waals surface area contributed by atoms with Crippen molar-refractivity contribution < 1.29 is 14.3 Å². The summed E-state index contributed by atoms with van der Waals surface area (Å²) in [4.78, 5) is 16.2. The van der Waals surface area contributed by atoms with Crippen molar-refractivity contribution in [2.75, 3.05) is 6.61 Å². The van der Waals surface area contributed by atoms with Crippen molar-refractivity contribution in [3.8, 4) is 5.75 Å². The molecule has 3 rings (SSSR count). The zero-order valence-electron chi connectivity index (χ0n) is 13.6. The zero-order valence-corrected chi connectivity index (χ0v) is 13.6. The molecule has 0 aromatic heterocycles. The molecule has 4 heteroatoms. The van der Waals surface area contributed by atoms with Gasteiger partial charge < -0.3 is 9.47 Å². The van der Waals surface area contributed by atoms with Crippen molar-refractivity contribution in [3.05, 3.63) is 71.4 Å². The fraction of sp³-hybridized carbons (Fsp3) is 0.200. The molecule has 4 nitrogen and oxygen atoms in total. The summed E-state index contributed by atoms with van der Waals surface area (Å²) in [7, 11) is 0. The first-order valence-electron chi connectivity index (χ1n) is 8.03. The molecule has 0 N–H and O–H groups in total. The summed E-state index contributed by atoms with van der Waals surface area (Å²) in [5.41, 5.74) is 2.52. The zero-order chi connectivity index (χ0) is 16.8. The quantitative estimate of drug-likeness (QED) is 0.596. The number of carbonyl (C=O) groups is 1. The van der Waals surface area contributed by atoms with E-state index in [2.05, 4.69) is 11.9 Å². The Kier molecular flexibility index (Phi) is 5.06. The number of para-hydroxylation sites is 1. The number of benzene rings is 2. The van der Waals surface area contributed by atoms with Gasteiger partial charge in [-0.05, 0) is 35.8 Å². The highest BCUT2D eigenvalue weighted by Crippen LogP contribution is 2.18. The molecule has 2 aromatic rings. The summed E-state index contributed by atoms with van der Waals surface area (Å²) in [5.74, 6) is 0.769. The maximum absolute atomic E-state index is 11.9. The van der Waals surface area contributed by atoms with E-state index in [4.69, 9.17) is 9.47 Å². The molecule has 1 aliphatic heterocycles. The average Bonchev–Trinajstić information content (AvgIpc) is 2.96. The van der Waals surface area contributed by atoms with Crippen LogP contribution in [0.4, 0.5) is 0 Å². The van der Waals surface area contributed by atoms with Crippen LogP contribution in [0.15, 0.2) is 65.3 Å². The fourth-order valence-corrected chi connectivity index (χ4v) is 2.34. The number of hydrogen-bond donors (Lipinski definition) is 0. The molecule has 0 aliphatic carbocycles. The van der Waals surface area contributed by atoms with E-state index in [1.54, 1.807) is 6.08 Å². The topological polar surface area (TPSA) is 47.9 Å². The molecule has 2 aromatic carbocycles. The molecular formula is C20H19NO3. The van der Waals surface area contributed by atoms with Crippen LogP contribution in [0.25, 0.3) is 6.08 Å².